The van der Waals surface area contributed by atoms with Crippen molar-refractivity contribution in [3.8, 4) is 5.75 Å². The molecule has 2 aromatic rings. The van der Waals surface area contributed by atoms with Gasteiger partial charge in [-0.1, -0.05) is 23.5 Å². The normalized spacial score (nSPS) is 10.0. The summed E-state index contributed by atoms with van der Waals surface area (Å²) in [4.78, 5) is 11.6. The molecule has 1 aromatic carbocycles. The highest BCUT2D eigenvalue weighted by molar-refractivity contribution is 7.15. The molecule has 2 N–H and O–H groups in total. The molecule has 100 valence electrons. The number of hydrogen-bond acceptors (Lipinski definition) is 5. The van der Waals surface area contributed by atoms with E-state index in [9.17, 15) is 4.79 Å². The number of rotatable bonds is 4. The number of nitrogens with zero attached hydrogens (tertiary/aromatic N) is 2. The second kappa shape index (κ2) is 6.14. The largest absolute Gasteiger partial charge is 0.497 e. The Labute approximate surface area is 114 Å². The fraction of sp³-hybridized carbons (Fsp3) is 0.250. The van der Waals surface area contributed by atoms with Gasteiger partial charge < -0.3 is 10.1 Å². The zero-order chi connectivity index (χ0) is 13.7. The van der Waals surface area contributed by atoms with Crippen molar-refractivity contribution in [2.45, 2.75) is 13.5 Å². The first-order valence-corrected chi connectivity index (χ1v) is 6.47. The summed E-state index contributed by atoms with van der Waals surface area (Å²) in [5.41, 5.74) is 0.990. The van der Waals surface area contributed by atoms with E-state index < -0.39 is 0 Å². The number of urea groups is 1. The Kier molecular flexibility index (Phi) is 4.30. The van der Waals surface area contributed by atoms with E-state index in [1.165, 1.54) is 11.3 Å². The molecule has 0 bridgehead atoms. The molecule has 0 saturated carbocycles. The molecule has 1 aromatic heterocycles. The van der Waals surface area contributed by atoms with Crippen LogP contribution in [0.4, 0.5) is 9.93 Å². The molecule has 0 saturated heterocycles. The lowest BCUT2D eigenvalue weighted by molar-refractivity contribution is 0.251. The van der Waals surface area contributed by atoms with Crippen molar-refractivity contribution in [2.24, 2.45) is 0 Å². The lowest BCUT2D eigenvalue weighted by Gasteiger charge is -2.06. The summed E-state index contributed by atoms with van der Waals surface area (Å²) in [7, 11) is 1.62. The van der Waals surface area contributed by atoms with Crippen molar-refractivity contribution >= 4 is 22.5 Å². The molecule has 2 rings (SSSR count). The Morgan fingerprint density at radius 2 is 2.05 bits per heavy atom. The quantitative estimate of drug-likeness (QED) is 0.898. The Morgan fingerprint density at radius 3 is 2.63 bits per heavy atom. The molecule has 0 aliphatic carbocycles. The summed E-state index contributed by atoms with van der Waals surface area (Å²) in [6, 6.07) is 7.20. The maximum atomic E-state index is 11.6. The summed E-state index contributed by atoms with van der Waals surface area (Å²) in [6.45, 7) is 2.27. The smallest absolute Gasteiger partial charge is 0.321 e. The number of aromatic nitrogens is 2. The van der Waals surface area contributed by atoms with E-state index in [-0.39, 0.29) is 6.03 Å². The van der Waals surface area contributed by atoms with E-state index in [1.807, 2.05) is 31.2 Å². The molecule has 0 unspecified atom stereocenters. The van der Waals surface area contributed by atoms with E-state index in [0.29, 0.717) is 11.7 Å². The van der Waals surface area contributed by atoms with Crippen molar-refractivity contribution < 1.29 is 9.53 Å². The van der Waals surface area contributed by atoms with Crippen LogP contribution in [-0.2, 0) is 6.54 Å². The number of anilines is 1. The van der Waals surface area contributed by atoms with Crippen molar-refractivity contribution in [3.63, 3.8) is 0 Å². The van der Waals surface area contributed by atoms with Gasteiger partial charge in [-0.3, -0.25) is 5.32 Å². The molecular weight excluding hydrogens is 264 g/mol. The standard InChI is InChI=1S/C12H14N4O2S/c1-8-15-16-12(19-8)14-11(17)13-7-9-3-5-10(18-2)6-4-9/h3-6H,7H2,1-2H3,(H2,13,14,16,17). The summed E-state index contributed by atoms with van der Waals surface area (Å²) in [5, 5.41) is 14.3. The van der Waals surface area contributed by atoms with Crippen LogP contribution < -0.4 is 15.4 Å². The van der Waals surface area contributed by atoms with Crippen molar-refractivity contribution in [3.05, 3.63) is 34.8 Å². The van der Waals surface area contributed by atoms with Crippen molar-refractivity contribution in [2.75, 3.05) is 12.4 Å². The minimum absolute atomic E-state index is 0.299. The lowest BCUT2D eigenvalue weighted by atomic mass is 10.2. The van der Waals surface area contributed by atoms with Crippen LogP contribution >= 0.6 is 11.3 Å². The number of carbonyl (C=O) groups excluding carboxylic acids is 1. The van der Waals surface area contributed by atoms with E-state index >= 15 is 0 Å². The fourth-order valence-corrected chi connectivity index (χ4v) is 2.00. The van der Waals surface area contributed by atoms with Gasteiger partial charge in [0.05, 0.1) is 7.11 Å². The third-order valence-corrected chi connectivity index (χ3v) is 3.11. The van der Waals surface area contributed by atoms with Gasteiger partial charge in [-0.2, -0.15) is 0 Å². The molecular formula is C12H14N4O2S. The van der Waals surface area contributed by atoms with E-state index in [4.69, 9.17) is 4.74 Å². The van der Waals surface area contributed by atoms with Gasteiger partial charge in [0.2, 0.25) is 5.13 Å². The van der Waals surface area contributed by atoms with Gasteiger partial charge in [0, 0.05) is 6.54 Å². The van der Waals surface area contributed by atoms with Gasteiger partial charge in [-0.05, 0) is 24.6 Å². The van der Waals surface area contributed by atoms with Gasteiger partial charge in [-0.15, -0.1) is 10.2 Å². The van der Waals surface area contributed by atoms with Gasteiger partial charge in [0.1, 0.15) is 10.8 Å². The van der Waals surface area contributed by atoms with Crippen LogP contribution in [0.2, 0.25) is 0 Å². The van der Waals surface area contributed by atoms with Crippen LogP contribution in [0.1, 0.15) is 10.6 Å². The van der Waals surface area contributed by atoms with E-state index in [0.717, 1.165) is 16.3 Å². The van der Waals surface area contributed by atoms with Gasteiger partial charge in [0.25, 0.3) is 0 Å². The van der Waals surface area contributed by atoms with Crippen LogP contribution in [0.3, 0.4) is 0 Å². The van der Waals surface area contributed by atoms with Crippen molar-refractivity contribution in [1.82, 2.24) is 15.5 Å². The highest BCUT2D eigenvalue weighted by Gasteiger charge is 2.05. The number of aryl methyl sites for hydroxylation is 1. The highest BCUT2D eigenvalue weighted by Crippen LogP contribution is 2.13. The molecule has 7 heteroatoms. The maximum absolute atomic E-state index is 11.6. The predicted octanol–water partition coefficient (Wildman–Crippen LogP) is 2.18. The number of methoxy groups -OCH3 is 1. The van der Waals surface area contributed by atoms with Gasteiger partial charge in [0.15, 0.2) is 0 Å². The average Bonchev–Trinajstić information content (AvgIpc) is 2.82. The number of amides is 2. The first kappa shape index (κ1) is 13.3. The lowest BCUT2D eigenvalue weighted by Crippen LogP contribution is -2.28. The maximum Gasteiger partial charge on any atom is 0.321 e. The molecule has 0 atom stereocenters. The monoisotopic (exact) mass is 278 g/mol. The summed E-state index contributed by atoms with van der Waals surface area (Å²) >= 11 is 1.33. The van der Waals surface area contributed by atoms with E-state index in [2.05, 4.69) is 20.8 Å². The molecule has 1 heterocycles. The number of benzene rings is 1. The predicted molar refractivity (Wildman–Crippen MR) is 73.5 cm³/mol. The zero-order valence-corrected chi connectivity index (χ0v) is 11.5. The number of nitrogens with one attached hydrogen (secondary N) is 2. The Morgan fingerprint density at radius 1 is 1.32 bits per heavy atom. The number of hydrogen-bond donors (Lipinski definition) is 2. The Balaban J connectivity index is 1.82. The Hall–Kier alpha value is -2.15. The molecule has 6 nitrogen and oxygen atoms in total. The van der Waals surface area contributed by atoms with Gasteiger partial charge in [-0.25, -0.2) is 4.79 Å². The SMILES string of the molecule is COc1ccc(CNC(=O)Nc2nnc(C)s2)cc1. The molecule has 0 radical (unpaired) electrons. The Bertz CT molecular complexity index is 553. The molecule has 2 amide bonds. The number of ether oxygens (including phenoxy) is 1. The second-order valence-electron chi connectivity index (χ2n) is 3.78. The molecule has 19 heavy (non-hydrogen) atoms. The molecule has 0 aliphatic heterocycles. The molecule has 0 spiro atoms. The second-order valence-corrected chi connectivity index (χ2v) is 4.96. The third kappa shape index (κ3) is 3.92. The van der Waals surface area contributed by atoms with Crippen LogP contribution in [0, 0.1) is 6.92 Å². The van der Waals surface area contributed by atoms with Crippen LogP contribution in [0.15, 0.2) is 24.3 Å². The van der Waals surface area contributed by atoms with Crippen LogP contribution in [0.25, 0.3) is 0 Å². The first-order valence-electron chi connectivity index (χ1n) is 5.65. The van der Waals surface area contributed by atoms with Crippen LogP contribution in [0.5, 0.6) is 5.75 Å². The fourth-order valence-electron chi connectivity index (χ4n) is 1.41. The molecule has 0 aliphatic rings. The van der Waals surface area contributed by atoms with Crippen LogP contribution in [-0.4, -0.2) is 23.3 Å². The molecule has 0 fully saturated rings. The minimum Gasteiger partial charge on any atom is -0.497 e. The van der Waals surface area contributed by atoms with Gasteiger partial charge >= 0.3 is 6.03 Å². The summed E-state index contributed by atoms with van der Waals surface area (Å²) in [5.74, 6) is 0.789. The summed E-state index contributed by atoms with van der Waals surface area (Å²) < 4.78 is 5.06. The summed E-state index contributed by atoms with van der Waals surface area (Å²) in [6.07, 6.45) is 0. The number of carbonyl (C=O) groups is 1. The first-order chi connectivity index (χ1) is 9.17. The van der Waals surface area contributed by atoms with Crippen molar-refractivity contribution in [1.29, 1.82) is 0 Å². The minimum atomic E-state index is -0.299. The zero-order valence-electron chi connectivity index (χ0n) is 10.6. The highest BCUT2D eigenvalue weighted by atomic mass is 32.1. The third-order valence-electron chi connectivity index (χ3n) is 2.36. The average molecular weight is 278 g/mol. The van der Waals surface area contributed by atoms with E-state index in [1.54, 1.807) is 7.11 Å². The topological polar surface area (TPSA) is 76.1 Å².